The van der Waals surface area contributed by atoms with E-state index in [0.29, 0.717) is 17.3 Å². The van der Waals surface area contributed by atoms with Crippen LogP contribution in [0.5, 0.6) is 0 Å². The number of allylic oxidation sites excluding steroid dienone is 1. The van der Waals surface area contributed by atoms with Crippen LogP contribution >= 0.6 is 0 Å². The molecule has 4 aliphatic rings. The Morgan fingerprint density at radius 3 is 2.14 bits per heavy atom. The summed E-state index contributed by atoms with van der Waals surface area (Å²) in [5, 5.41) is 0. The van der Waals surface area contributed by atoms with Gasteiger partial charge in [-0.15, -0.1) is 0 Å². The zero-order chi connectivity index (χ0) is 31.7. The Labute approximate surface area is 274 Å². The van der Waals surface area contributed by atoms with E-state index in [4.69, 9.17) is 4.74 Å². The molecule has 254 valence electrons. The number of hydrogen-bond acceptors (Lipinski definition) is 2. The molecule has 2 heteroatoms. The summed E-state index contributed by atoms with van der Waals surface area (Å²) in [6, 6.07) is 0. The largest absolute Gasteiger partial charge is 0.462 e. The van der Waals surface area contributed by atoms with Gasteiger partial charge in [0.25, 0.3) is 0 Å². The lowest BCUT2D eigenvalue weighted by atomic mass is 9.47. The van der Waals surface area contributed by atoms with Crippen LogP contribution in [0.1, 0.15) is 190 Å². The van der Waals surface area contributed by atoms with E-state index in [2.05, 4.69) is 54.5 Å². The zero-order valence-corrected chi connectivity index (χ0v) is 30.6. The number of esters is 1. The molecule has 0 heterocycles. The van der Waals surface area contributed by atoms with Crippen LogP contribution < -0.4 is 0 Å². The average Bonchev–Trinajstić information content (AvgIpc) is 3.36. The lowest BCUT2D eigenvalue weighted by Crippen LogP contribution is -2.51. The standard InChI is InChI=1S/C42H74O2/c1-8-9-10-11-12-13-14-15-16-17-18-19-40(43)44-35-26-28-41(6)34(30-35)22-23-36-38-25-24-37(42(38,7)29-27-39(36)41)33(5)21-20-32(4)31(2)3/h22,31-33,35-39H,8-21,23-30H2,1-7H3. The molecule has 0 saturated heterocycles. The Hall–Kier alpha value is -0.790. The van der Waals surface area contributed by atoms with Gasteiger partial charge in [0.05, 0.1) is 0 Å². The third kappa shape index (κ3) is 8.76. The van der Waals surface area contributed by atoms with Crippen molar-refractivity contribution in [3.63, 3.8) is 0 Å². The summed E-state index contributed by atoms with van der Waals surface area (Å²) in [6.07, 6.45) is 31.0. The van der Waals surface area contributed by atoms with E-state index in [1.54, 1.807) is 5.57 Å². The van der Waals surface area contributed by atoms with E-state index in [0.717, 1.165) is 60.7 Å². The van der Waals surface area contributed by atoms with Crippen LogP contribution in [0.2, 0.25) is 0 Å². The fourth-order valence-corrected chi connectivity index (χ4v) is 10.9. The first-order chi connectivity index (χ1) is 21.1. The molecule has 0 aromatic rings. The van der Waals surface area contributed by atoms with Gasteiger partial charge < -0.3 is 4.74 Å². The Morgan fingerprint density at radius 2 is 1.48 bits per heavy atom. The molecule has 44 heavy (non-hydrogen) atoms. The van der Waals surface area contributed by atoms with Crippen molar-refractivity contribution in [3.05, 3.63) is 11.6 Å². The molecule has 0 spiro atoms. The minimum Gasteiger partial charge on any atom is -0.462 e. The smallest absolute Gasteiger partial charge is 0.306 e. The van der Waals surface area contributed by atoms with Crippen molar-refractivity contribution in [2.24, 2.45) is 52.3 Å². The van der Waals surface area contributed by atoms with Crippen molar-refractivity contribution in [2.75, 3.05) is 0 Å². The van der Waals surface area contributed by atoms with E-state index >= 15 is 0 Å². The molecule has 0 N–H and O–H groups in total. The van der Waals surface area contributed by atoms with Crippen LogP contribution in [0.3, 0.4) is 0 Å². The summed E-state index contributed by atoms with van der Waals surface area (Å²) < 4.78 is 6.11. The van der Waals surface area contributed by atoms with Gasteiger partial charge in [-0.25, -0.2) is 0 Å². The van der Waals surface area contributed by atoms with Gasteiger partial charge in [0.15, 0.2) is 0 Å². The topological polar surface area (TPSA) is 26.3 Å². The molecule has 3 fully saturated rings. The molecule has 0 radical (unpaired) electrons. The highest BCUT2D eigenvalue weighted by atomic mass is 16.5. The van der Waals surface area contributed by atoms with Crippen LogP contribution in [0.25, 0.3) is 0 Å². The Kier molecular flexibility index (Phi) is 13.8. The first-order valence-corrected chi connectivity index (χ1v) is 20.0. The van der Waals surface area contributed by atoms with Gasteiger partial charge in [-0.1, -0.05) is 137 Å². The first-order valence-electron chi connectivity index (χ1n) is 20.0. The minimum atomic E-state index is 0.0613. The van der Waals surface area contributed by atoms with Gasteiger partial charge in [-0.3, -0.25) is 4.79 Å². The molecule has 9 atom stereocenters. The lowest BCUT2D eigenvalue weighted by molar-refractivity contribution is -0.151. The number of hydrogen-bond donors (Lipinski definition) is 0. The van der Waals surface area contributed by atoms with Crippen molar-refractivity contribution in [3.8, 4) is 0 Å². The minimum absolute atomic E-state index is 0.0613. The summed E-state index contributed by atoms with van der Waals surface area (Å²) in [5.41, 5.74) is 2.52. The van der Waals surface area contributed by atoms with Gasteiger partial charge in [0.2, 0.25) is 0 Å². The maximum Gasteiger partial charge on any atom is 0.306 e. The molecule has 0 bridgehead atoms. The highest BCUT2D eigenvalue weighted by Gasteiger charge is 2.59. The average molecular weight is 611 g/mol. The Morgan fingerprint density at radius 1 is 0.818 bits per heavy atom. The number of carbonyl (C=O) groups excluding carboxylic acids is 1. The van der Waals surface area contributed by atoms with E-state index in [-0.39, 0.29) is 12.1 Å². The first kappa shape index (κ1) is 36.1. The number of unbranched alkanes of at least 4 members (excludes halogenated alkanes) is 10. The number of fused-ring (bicyclic) bond motifs is 5. The predicted molar refractivity (Wildman–Crippen MR) is 189 cm³/mol. The van der Waals surface area contributed by atoms with Crippen LogP contribution in [0.15, 0.2) is 11.6 Å². The van der Waals surface area contributed by atoms with Gasteiger partial charge in [0.1, 0.15) is 6.10 Å². The maximum atomic E-state index is 12.8. The van der Waals surface area contributed by atoms with Crippen LogP contribution in [0, 0.1) is 52.3 Å². The highest BCUT2D eigenvalue weighted by Crippen LogP contribution is 2.67. The molecule has 2 nitrogen and oxygen atoms in total. The van der Waals surface area contributed by atoms with Crippen molar-refractivity contribution < 1.29 is 9.53 Å². The van der Waals surface area contributed by atoms with Crippen LogP contribution in [0.4, 0.5) is 0 Å². The van der Waals surface area contributed by atoms with E-state index in [1.807, 2.05) is 0 Å². The number of carbonyl (C=O) groups is 1. The van der Waals surface area contributed by atoms with Crippen molar-refractivity contribution >= 4 is 5.97 Å². The van der Waals surface area contributed by atoms with Gasteiger partial charge >= 0.3 is 5.97 Å². The van der Waals surface area contributed by atoms with Crippen molar-refractivity contribution in [1.29, 1.82) is 0 Å². The third-order valence-electron chi connectivity index (χ3n) is 14.3. The molecule has 4 aliphatic carbocycles. The fourth-order valence-electron chi connectivity index (χ4n) is 10.9. The molecule has 0 amide bonds. The summed E-state index contributed by atoms with van der Waals surface area (Å²) in [7, 11) is 0. The van der Waals surface area contributed by atoms with Gasteiger partial charge in [-0.2, -0.15) is 0 Å². The maximum absolute atomic E-state index is 12.8. The molecule has 9 unspecified atom stereocenters. The van der Waals surface area contributed by atoms with Crippen molar-refractivity contribution in [1.82, 2.24) is 0 Å². The quantitative estimate of drug-likeness (QED) is 0.0876. The van der Waals surface area contributed by atoms with Gasteiger partial charge in [0, 0.05) is 12.8 Å². The number of rotatable bonds is 18. The summed E-state index contributed by atoms with van der Waals surface area (Å²) in [6.45, 7) is 17.4. The molecule has 0 aromatic carbocycles. The monoisotopic (exact) mass is 611 g/mol. The van der Waals surface area contributed by atoms with E-state index in [9.17, 15) is 4.79 Å². The van der Waals surface area contributed by atoms with E-state index < -0.39 is 0 Å². The van der Waals surface area contributed by atoms with Crippen LogP contribution in [-0.4, -0.2) is 12.1 Å². The molecular formula is C42H74O2. The molecule has 0 aromatic heterocycles. The van der Waals surface area contributed by atoms with Gasteiger partial charge in [-0.05, 0) is 104 Å². The zero-order valence-electron chi connectivity index (χ0n) is 30.6. The van der Waals surface area contributed by atoms with E-state index in [1.165, 1.54) is 116 Å². The van der Waals surface area contributed by atoms with Crippen LogP contribution in [-0.2, 0) is 9.53 Å². The molecule has 3 saturated carbocycles. The molecule has 0 aliphatic heterocycles. The molecule has 4 rings (SSSR count). The summed E-state index contributed by atoms with van der Waals surface area (Å²) >= 11 is 0. The SMILES string of the molecule is CCCCCCCCCCCCCC(=O)OC1CCC2(C)C(=CCC3C2CCC2(C)C(C(C)CCC(C)C(C)C)CCC32)C1. The number of ether oxygens (including phenoxy) is 1. The summed E-state index contributed by atoms with van der Waals surface area (Å²) in [5.74, 6) is 6.11. The third-order valence-corrected chi connectivity index (χ3v) is 14.3. The normalized spacial score (nSPS) is 34.5. The fraction of sp³-hybridized carbons (Fsp3) is 0.929. The lowest BCUT2D eigenvalue weighted by Gasteiger charge is -2.58. The van der Waals surface area contributed by atoms with Crippen molar-refractivity contribution in [2.45, 2.75) is 196 Å². The molecular weight excluding hydrogens is 536 g/mol. The summed E-state index contributed by atoms with van der Waals surface area (Å²) in [4.78, 5) is 12.8. The Bertz CT molecular complexity index is 903. The second-order valence-corrected chi connectivity index (χ2v) is 17.4. The second-order valence-electron chi connectivity index (χ2n) is 17.4. The predicted octanol–water partition coefficient (Wildman–Crippen LogP) is 12.9. The Balaban J connectivity index is 1.20. The second kappa shape index (κ2) is 16.9. The highest BCUT2D eigenvalue weighted by molar-refractivity contribution is 5.69.